The molecule has 7 heteroatoms. The quantitative estimate of drug-likeness (QED) is 0.207. The van der Waals surface area contributed by atoms with Crippen LogP contribution < -0.4 is 15.6 Å². The van der Waals surface area contributed by atoms with Crippen LogP contribution in [0, 0.1) is 5.92 Å². The van der Waals surface area contributed by atoms with Crippen LogP contribution in [0.15, 0.2) is 61.3 Å². The summed E-state index contributed by atoms with van der Waals surface area (Å²) in [5, 5.41) is 4.14. The highest BCUT2D eigenvalue weighted by molar-refractivity contribution is 6.31. The number of nitrogens with one attached hydrogen (secondary N) is 2. The maximum atomic E-state index is 6.38. The topological polar surface area (TPSA) is 58.0 Å². The molecule has 3 heterocycles. The first-order chi connectivity index (χ1) is 21.4. The standard InChI is InChI=1S/C28H37ClN6.C6H14.2C2H6/c1-8-14-28(10-3)19(4)34(25-17-30-15-13-22(25)28)18-26-31-23-12-11-21(29)16-24(23)35(26)33-20(5)32-27(6,7)9-2;1-4-5-6(2)3;2*1-2/h11-13,15-17,32-33H,4-5,8-10,14,18H2,1-3,6-7H3;6H,4-5H2,1-3H3;2*1-2H3. The number of halogens is 1. The van der Waals surface area contributed by atoms with Crippen LogP contribution in [-0.4, -0.2) is 20.2 Å². The van der Waals surface area contributed by atoms with E-state index >= 15 is 0 Å². The number of nitrogens with zero attached hydrogens (tertiary/aromatic N) is 4. The molecule has 0 saturated heterocycles. The lowest BCUT2D eigenvalue weighted by atomic mass is 9.74. The van der Waals surface area contributed by atoms with E-state index in [-0.39, 0.29) is 11.0 Å². The van der Waals surface area contributed by atoms with Crippen molar-refractivity contribution in [2.75, 3.05) is 10.3 Å². The summed E-state index contributed by atoms with van der Waals surface area (Å²) < 4.78 is 1.98. The summed E-state index contributed by atoms with van der Waals surface area (Å²) in [6.07, 6.45) is 10.6. The molecule has 0 amide bonds. The lowest BCUT2D eigenvalue weighted by Crippen LogP contribution is -2.41. The van der Waals surface area contributed by atoms with Crippen LogP contribution in [0.3, 0.4) is 0 Å². The molecule has 0 radical (unpaired) electrons. The first-order valence-electron chi connectivity index (χ1n) is 17.2. The van der Waals surface area contributed by atoms with Gasteiger partial charge < -0.3 is 10.2 Å². The van der Waals surface area contributed by atoms with Crippen molar-refractivity contribution in [1.82, 2.24) is 20.0 Å². The number of imidazole rings is 1. The van der Waals surface area contributed by atoms with E-state index in [1.807, 2.05) is 63.0 Å². The minimum absolute atomic E-state index is 0.0864. The third kappa shape index (κ3) is 10.00. The Hall–Kier alpha value is -2.99. The van der Waals surface area contributed by atoms with Gasteiger partial charge in [-0.15, -0.1) is 0 Å². The van der Waals surface area contributed by atoms with E-state index in [2.05, 4.69) is 95.2 Å². The number of pyridine rings is 1. The molecule has 0 saturated carbocycles. The molecule has 1 aliphatic heterocycles. The lowest BCUT2D eigenvalue weighted by molar-refractivity contribution is 0.412. The van der Waals surface area contributed by atoms with Gasteiger partial charge in [-0.2, -0.15) is 0 Å². The summed E-state index contributed by atoms with van der Waals surface area (Å²) in [5.74, 6) is 2.45. The van der Waals surface area contributed by atoms with Crippen molar-refractivity contribution in [2.24, 2.45) is 5.92 Å². The number of benzene rings is 1. The predicted octanol–water partition coefficient (Wildman–Crippen LogP) is 11.4. The molecule has 45 heavy (non-hydrogen) atoms. The number of hydrogen-bond acceptors (Lipinski definition) is 5. The zero-order valence-corrected chi connectivity index (χ0v) is 31.3. The second-order valence-corrected chi connectivity index (χ2v) is 12.7. The fourth-order valence-electron chi connectivity index (χ4n) is 5.73. The van der Waals surface area contributed by atoms with Crippen LogP contribution in [0.5, 0.6) is 0 Å². The van der Waals surface area contributed by atoms with Gasteiger partial charge in [-0.25, -0.2) is 9.66 Å². The van der Waals surface area contributed by atoms with Crippen LogP contribution >= 0.6 is 11.6 Å². The van der Waals surface area contributed by atoms with Crippen LogP contribution in [-0.2, 0) is 12.0 Å². The molecule has 2 N–H and O–H groups in total. The molecule has 1 aliphatic rings. The van der Waals surface area contributed by atoms with Gasteiger partial charge in [-0.3, -0.25) is 10.4 Å². The van der Waals surface area contributed by atoms with Gasteiger partial charge in [0.15, 0.2) is 0 Å². The third-order valence-corrected chi connectivity index (χ3v) is 8.47. The molecule has 2 aromatic heterocycles. The van der Waals surface area contributed by atoms with Gasteiger partial charge in [0, 0.05) is 27.9 Å². The van der Waals surface area contributed by atoms with E-state index < -0.39 is 0 Å². The first-order valence-corrected chi connectivity index (χ1v) is 17.6. The Balaban J connectivity index is 0.000000894. The molecular weight excluding hydrogens is 576 g/mol. The molecule has 1 atom stereocenters. The van der Waals surface area contributed by atoms with Crippen molar-refractivity contribution in [1.29, 1.82) is 0 Å². The predicted molar refractivity (Wildman–Crippen MR) is 200 cm³/mol. The van der Waals surface area contributed by atoms with E-state index in [1.54, 1.807) is 0 Å². The minimum Gasteiger partial charge on any atom is -0.366 e. The molecule has 0 aliphatic carbocycles. The van der Waals surface area contributed by atoms with Gasteiger partial charge in [-0.05, 0) is 68.9 Å². The first kappa shape index (κ1) is 40.0. The summed E-state index contributed by atoms with van der Waals surface area (Å²) in [7, 11) is 0. The Labute approximate surface area is 280 Å². The fraction of sp³-hybridized carbons (Fsp3) is 0.579. The molecule has 1 aromatic carbocycles. The van der Waals surface area contributed by atoms with Crippen molar-refractivity contribution in [3.05, 3.63) is 77.7 Å². The van der Waals surface area contributed by atoms with Crippen molar-refractivity contribution in [3.8, 4) is 0 Å². The van der Waals surface area contributed by atoms with Crippen LogP contribution in [0.25, 0.3) is 11.0 Å². The Bertz CT molecular complexity index is 1340. The van der Waals surface area contributed by atoms with E-state index in [0.717, 1.165) is 59.8 Å². The monoisotopic (exact) mass is 638 g/mol. The zero-order valence-electron chi connectivity index (χ0n) is 30.6. The third-order valence-electron chi connectivity index (χ3n) is 8.24. The SMILES string of the molecule is C=C(Nn1c(CN2C(=C)C(CC)(CCC)c3ccncc32)nc2ccc(Cl)cc21)NC(C)(C)CC.CC.CC.CCCC(C)C. The van der Waals surface area contributed by atoms with Gasteiger partial charge in [0.2, 0.25) is 0 Å². The molecule has 0 spiro atoms. The average molecular weight is 639 g/mol. The van der Waals surface area contributed by atoms with Gasteiger partial charge in [0.05, 0.1) is 29.5 Å². The summed E-state index contributed by atoms with van der Waals surface area (Å²) in [6.45, 7) is 35.0. The molecule has 6 nitrogen and oxygen atoms in total. The van der Waals surface area contributed by atoms with E-state index in [9.17, 15) is 0 Å². The Morgan fingerprint density at radius 2 is 1.71 bits per heavy atom. The maximum Gasteiger partial charge on any atom is 0.148 e. The smallest absolute Gasteiger partial charge is 0.148 e. The Kier molecular flexibility index (Phi) is 16.8. The van der Waals surface area contributed by atoms with Gasteiger partial charge >= 0.3 is 0 Å². The number of allylic oxidation sites excluding steroid dienone is 1. The van der Waals surface area contributed by atoms with Gasteiger partial charge in [0.1, 0.15) is 11.6 Å². The zero-order chi connectivity index (χ0) is 34.4. The van der Waals surface area contributed by atoms with Crippen LogP contribution in [0.1, 0.15) is 133 Å². The molecule has 1 unspecified atom stereocenters. The molecule has 3 aromatic rings. The van der Waals surface area contributed by atoms with E-state index in [1.165, 1.54) is 18.4 Å². The summed E-state index contributed by atoms with van der Waals surface area (Å²) in [4.78, 5) is 11.7. The lowest BCUT2D eigenvalue weighted by Gasteiger charge is -2.32. The van der Waals surface area contributed by atoms with Crippen molar-refractivity contribution < 1.29 is 0 Å². The average Bonchev–Trinajstić information content (AvgIpc) is 3.47. The summed E-state index contributed by atoms with van der Waals surface area (Å²) in [6, 6.07) is 7.91. The molecule has 4 rings (SSSR count). The number of anilines is 1. The van der Waals surface area contributed by atoms with Crippen molar-refractivity contribution >= 4 is 28.3 Å². The van der Waals surface area contributed by atoms with E-state index in [0.29, 0.717) is 17.4 Å². The highest BCUT2D eigenvalue weighted by Gasteiger charge is 2.44. The number of hydrogen-bond donors (Lipinski definition) is 2. The summed E-state index contributed by atoms with van der Waals surface area (Å²) >= 11 is 6.38. The Morgan fingerprint density at radius 3 is 2.24 bits per heavy atom. The fourth-order valence-corrected chi connectivity index (χ4v) is 5.90. The Morgan fingerprint density at radius 1 is 1.04 bits per heavy atom. The van der Waals surface area contributed by atoms with Crippen molar-refractivity contribution in [3.63, 3.8) is 0 Å². The number of fused-ring (bicyclic) bond motifs is 2. The molecule has 252 valence electrons. The maximum absolute atomic E-state index is 6.38. The van der Waals surface area contributed by atoms with Crippen molar-refractivity contribution in [2.45, 2.75) is 139 Å². The van der Waals surface area contributed by atoms with Crippen LogP contribution in [0.2, 0.25) is 5.02 Å². The largest absolute Gasteiger partial charge is 0.366 e. The van der Waals surface area contributed by atoms with Gasteiger partial charge in [0.25, 0.3) is 0 Å². The van der Waals surface area contributed by atoms with E-state index in [4.69, 9.17) is 16.6 Å². The molecular formula is C38H63ClN6. The normalized spacial score (nSPS) is 15.3. The highest BCUT2D eigenvalue weighted by atomic mass is 35.5. The highest BCUT2D eigenvalue weighted by Crippen LogP contribution is 2.52. The molecule has 0 fully saturated rings. The second-order valence-electron chi connectivity index (χ2n) is 12.2. The van der Waals surface area contributed by atoms with Gasteiger partial charge in [-0.1, -0.05) is 113 Å². The van der Waals surface area contributed by atoms with Crippen LogP contribution in [0.4, 0.5) is 5.69 Å². The second kappa shape index (κ2) is 18.9. The number of rotatable bonds is 12. The number of aromatic nitrogens is 3. The minimum atomic E-state index is -0.0903. The molecule has 0 bridgehead atoms. The summed E-state index contributed by atoms with van der Waals surface area (Å²) in [5.41, 5.74) is 8.54.